The van der Waals surface area contributed by atoms with E-state index in [1.807, 2.05) is 0 Å². The Morgan fingerprint density at radius 3 is 2.00 bits per heavy atom. The molecule has 0 aliphatic carbocycles. The fraction of sp³-hybridized carbons (Fsp3) is 0.500. The standard InChI is InChI=1S/C8H7Cl2NO4S/c9-5-6(10)8(13)11(7(5)12)4-1-2-16(14,15)3-4/h4H,1-3H2/t4-/m1/s1. The molecule has 8 heteroatoms. The second-order valence-electron chi connectivity index (χ2n) is 3.67. The first-order valence-corrected chi connectivity index (χ1v) is 7.05. The van der Waals surface area contributed by atoms with Crippen LogP contribution in [0.1, 0.15) is 6.42 Å². The Kier molecular flexibility index (Phi) is 2.76. The van der Waals surface area contributed by atoms with Crippen molar-refractivity contribution < 1.29 is 18.0 Å². The average molecular weight is 284 g/mol. The van der Waals surface area contributed by atoms with Crippen molar-refractivity contribution >= 4 is 44.9 Å². The number of hydrogen-bond donors (Lipinski definition) is 0. The number of rotatable bonds is 1. The summed E-state index contributed by atoms with van der Waals surface area (Å²) in [6, 6.07) is -0.644. The van der Waals surface area contributed by atoms with Crippen LogP contribution in [0, 0.1) is 0 Å². The summed E-state index contributed by atoms with van der Waals surface area (Å²) in [7, 11) is -3.17. The monoisotopic (exact) mass is 283 g/mol. The fourth-order valence-electron chi connectivity index (χ4n) is 1.80. The number of sulfone groups is 1. The molecule has 0 aromatic rings. The predicted octanol–water partition coefficient (Wildman–Crippen LogP) is 0.231. The molecule has 2 amide bonds. The van der Waals surface area contributed by atoms with Crippen LogP contribution in [-0.4, -0.2) is 42.7 Å². The van der Waals surface area contributed by atoms with E-state index in [-0.39, 0.29) is 28.0 Å². The molecule has 0 unspecified atom stereocenters. The number of carbonyl (C=O) groups excluding carboxylic acids is 2. The van der Waals surface area contributed by atoms with Crippen molar-refractivity contribution in [1.29, 1.82) is 0 Å². The molecule has 0 bridgehead atoms. The van der Waals surface area contributed by atoms with Gasteiger partial charge >= 0.3 is 0 Å². The maximum atomic E-state index is 11.6. The number of amides is 2. The van der Waals surface area contributed by atoms with Gasteiger partial charge in [0.05, 0.1) is 17.5 Å². The van der Waals surface area contributed by atoms with Crippen molar-refractivity contribution in [3.8, 4) is 0 Å². The van der Waals surface area contributed by atoms with Crippen LogP contribution in [0.15, 0.2) is 10.1 Å². The molecule has 0 N–H and O–H groups in total. The van der Waals surface area contributed by atoms with E-state index in [4.69, 9.17) is 23.2 Å². The minimum atomic E-state index is -3.17. The molecule has 2 aliphatic heterocycles. The first-order chi connectivity index (χ1) is 7.33. The average Bonchev–Trinajstić information content (AvgIpc) is 2.63. The zero-order valence-corrected chi connectivity index (χ0v) is 10.3. The molecule has 1 fully saturated rings. The van der Waals surface area contributed by atoms with Gasteiger partial charge in [-0.1, -0.05) is 23.2 Å². The van der Waals surface area contributed by atoms with Crippen LogP contribution in [0.3, 0.4) is 0 Å². The summed E-state index contributed by atoms with van der Waals surface area (Å²) >= 11 is 11.1. The second kappa shape index (κ2) is 3.72. The van der Waals surface area contributed by atoms with Gasteiger partial charge in [0.2, 0.25) is 0 Å². The van der Waals surface area contributed by atoms with Crippen molar-refractivity contribution in [1.82, 2.24) is 4.90 Å². The first-order valence-electron chi connectivity index (χ1n) is 4.47. The largest absolute Gasteiger partial charge is 0.274 e. The molecule has 5 nitrogen and oxygen atoms in total. The highest BCUT2D eigenvalue weighted by Crippen LogP contribution is 2.31. The van der Waals surface area contributed by atoms with Gasteiger partial charge in [-0.2, -0.15) is 0 Å². The predicted molar refractivity (Wildman–Crippen MR) is 57.6 cm³/mol. The molecule has 0 saturated carbocycles. The molecular weight excluding hydrogens is 277 g/mol. The maximum absolute atomic E-state index is 11.6. The van der Waals surface area contributed by atoms with Gasteiger partial charge in [0.1, 0.15) is 10.1 Å². The molecule has 88 valence electrons. The third-order valence-electron chi connectivity index (χ3n) is 2.58. The van der Waals surface area contributed by atoms with E-state index in [0.29, 0.717) is 0 Å². The highest BCUT2D eigenvalue weighted by Gasteiger charge is 2.44. The van der Waals surface area contributed by atoms with Crippen molar-refractivity contribution in [3.05, 3.63) is 10.1 Å². The summed E-state index contributed by atoms with van der Waals surface area (Å²) in [6.45, 7) is 0. The van der Waals surface area contributed by atoms with Crippen LogP contribution in [0.2, 0.25) is 0 Å². The lowest BCUT2D eigenvalue weighted by molar-refractivity contribution is -0.139. The number of carbonyl (C=O) groups is 2. The smallest absolute Gasteiger partial charge is 0.269 e. The Morgan fingerprint density at radius 1 is 1.12 bits per heavy atom. The van der Waals surface area contributed by atoms with Gasteiger partial charge < -0.3 is 0 Å². The topological polar surface area (TPSA) is 71.5 Å². The summed E-state index contributed by atoms with van der Waals surface area (Å²) in [4.78, 5) is 24.0. The van der Waals surface area contributed by atoms with Gasteiger partial charge in [0, 0.05) is 0 Å². The Hall–Kier alpha value is -0.590. The van der Waals surface area contributed by atoms with E-state index in [0.717, 1.165) is 4.90 Å². The molecule has 0 aromatic carbocycles. The number of hydrogen-bond acceptors (Lipinski definition) is 4. The van der Waals surface area contributed by atoms with Crippen LogP contribution < -0.4 is 0 Å². The highest BCUT2D eigenvalue weighted by atomic mass is 35.5. The van der Waals surface area contributed by atoms with Gasteiger partial charge in [-0.25, -0.2) is 8.42 Å². The van der Waals surface area contributed by atoms with Crippen LogP contribution in [0.25, 0.3) is 0 Å². The maximum Gasteiger partial charge on any atom is 0.274 e. The van der Waals surface area contributed by atoms with E-state index in [1.165, 1.54) is 0 Å². The second-order valence-corrected chi connectivity index (χ2v) is 6.65. The summed E-state index contributed by atoms with van der Waals surface area (Å²) in [5.41, 5.74) is 0. The van der Waals surface area contributed by atoms with Crippen molar-refractivity contribution in [2.24, 2.45) is 0 Å². The zero-order valence-electron chi connectivity index (χ0n) is 7.94. The van der Waals surface area contributed by atoms with E-state index >= 15 is 0 Å². The Bertz CT molecular complexity index is 486. The Morgan fingerprint density at radius 2 is 1.62 bits per heavy atom. The molecule has 2 rings (SSSR count). The van der Waals surface area contributed by atoms with Crippen LogP contribution in [-0.2, 0) is 19.4 Å². The molecule has 1 saturated heterocycles. The third kappa shape index (κ3) is 1.74. The molecule has 2 heterocycles. The van der Waals surface area contributed by atoms with Crippen molar-refractivity contribution in [3.63, 3.8) is 0 Å². The van der Waals surface area contributed by atoms with Crippen LogP contribution >= 0.6 is 23.2 Å². The normalized spacial score (nSPS) is 29.4. The van der Waals surface area contributed by atoms with Gasteiger partial charge in [-0.15, -0.1) is 0 Å². The Balaban J connectivity index is 2.27. The summed E-state index contributed by atoms with van der Waals surface area (Å²) < 4.78 is 22.5. The lowest BCUT2D eigenvalue weighted by Crippen LogP contribution is -2.41. The lowest BCUT2D eigenvalue weighted by atomic mass is 10.2. The zero-order chi connectivity index (χ0) is 12.1. The fourth-order valence-corrected chi connectivity index (χ4v) is 3.85. The highest BCUT2D eigenvalue weighted by molar-refractivity contribution is 7.91. The molecule has 0 radical (unpaired) electrons. The molecule has 0 spiro atoms. The van der Waals surface area contributed by atoms with E-state index < -0.39 is 27.7 Å². The quantitative estimate of drug-likeness (QED) is 0.646. The number of imide groups is 1. The molecule has 1 atom stereocenters. The SMILES string of the molecule is O=C1C(Cl)=C(Cl)C(=O)N1[C@@H]1CCS(=O)(=O)C1. The van der Waals surface area contributed by atoms with Gasteiger partial charge in [0.15, 0.2) is 9.84 Å². The van der Waals surface area contributed by atoms with Gasteiger partial charge in [-0.3, -0.25) is 14.5 Å². The minimum absolute atomic E-state index is 0.0238. The summed E-state index contributed by atoms with van der Waals surface area (Å²) in [5, 5.41) is -0.674. The molecule has 0 aromatic heterocycles. The molecule has 16 heavy (non-hydrogen) atoms. The van der Waals surface area contributed by atoms with Gasteiger partial charge in [0.25, 0.3) is 11.8 Å². The minimum Gasteiger partial charge on any atom is -0.269 e. The van der Waals surface area contributed by atoms with Crippen molar-refractivity contribution in [2.75, 3.05) is 11.5 Å². The first kappa shape index (κ1) is 11.9. The number of nitrogens with zero attached hydrogens (tertiary/aromatic N) is 1. The Labute approximate surface area is 102 Å². The van der Waals surface area contributed by atoms with E-state index in [9.17, 15) is 18.0 Å². The lowest BCUT2D eigenvalue weighted by Gasteiger charge is -2.20. The number of halogens is 2. The summed E-state index contributed by atoms with van der Waals surface area (Å²) in [5.74, 6) is -1.65. The third-order valence-corrected chi connectivity index (χ3v) is 5.13. The van der Waals surface area contributed by atoms with Crippen LogP contribution in [0.4, 0.5) is 0 Å². The molecule has 2 aliphatic rings. The van der Waals surface area contributed by atoms with Crippen molar-refractivity contribution in [2.45, 2.75) is 12.5 Å². The van der Waals surface area contributed by atoms with Gasteiger partial charge in [-0.05, 0) is 6.42 Å². The summed E-state index contributed by atoms with van der Waals surface area (Å²) in [6.07, 6.45) is 0.244. The van der Waals surface area contributed by atoms with E-state index in [2.05, 4.69) is 0 Å². The van der Waals surface area contributed by atoms with Crippen LogP contribution in [0.5, 0.6) is 0 Å². The van der Waals surface area contributed by atoms with E-state index in [1.54, 1.807) is 0 Å². The molecular formula is C8H7Cl2NO4S.